The number of hydrogen-bond acceptors (Lipinski definition) is 6. The van der Waals surface area contributed by atoms with Gasteiger partial charge in [0.25, 0.3) is 11.8 Å². The lowest BCUT2D eigenvalue weighted by molar-refractivity contribution is -0.130. The first-order valence-corrected chi connectivity index (χ1v) is 7.84. The number of fused-ring (bicyclic) bond motifs is 1. The number of nitrogens with zero attached hydrogens (tertiary/aromatic N) is 1. The van der Waals surface area contributed by atoms with Gasteiger partial charge < -0.3 is 19.9 Å². The second-order valence-corrected chi connectivity index (χ2v) is 5.42. The summed E-state index contributed by atoms with van der Waals surface area (Å²) < 4.78 is 16.2. The lowest BCUT2D eigenvalue weighted by atomic mass is 10.2. The highest BCUT2D eigenvalue weighted by molar-refractivity contribution is 5.85. The third-order valence-corrected chi connectivity index (χ3v) is 3.45. The number of para-hydroxylation sites is 2. The van der Waals surface area contributed by atoms with Crippen LogP contribution in [-0.2, 0) is 9.59 Å². The first-order valence-electron chi connectivity index (χ1n) is 7.84. The van der Waals surface area contributed by atoms with Crippen LogP contribution in [0.3, 0.4) is 0 Å². The van der Waals surface area contributed by atoms with Gasteiger partial charge in [-0.15, -0.1) is 0 Å². The van der Waals surface area contributed by atoms with Gasteiger partial charge in [-0.2, -0.15) is 5.10 Å². The highest BCUT2D eigenvalue weighted by atomic mass is 16.6. The van der Waals surface area contributed by atoms with Crippen molar-refractivity contribution in [2.45, 2.75) is 6.10 Å². The topological polar surface area (TPSA) is 112 Å². The maximum Gasteiger partial charge on any atom is 0.284 e. The molecule has 2 amide bonds. The number of hydrazone groups is 1. The molecule has 134 valence electrons. The van der Waals surface area contributed by atoms with Crippen molar-refractivity contribution >= 4 is 18.0 Å². The summed E-state index contributed by atoms with van der Waals surface area (Å²) in [6.07, 6.45) is 0.708. The van der Waals surface area contributed by atoms with E-state index in [-0.39, 0.29) is 13.2 Å². The van der Waals surface area contributed by atoms with Gasteiger partial charge in [-0.3, -0.25) is 9.59 Å². The molecule has 1 atom stereocenters. The van der Waals surface area contributed by atoms with Gasteiger partial charge in [-0.05, 0) is 42.0 Å². The molecular formula is C18H17N3O5. The molecule has 8 nitrogen and oxygen atoms in total. The summed E-state index contributed by atoms with van der Waals surface area (Å²) in [6.45, 7) is -0.0691. The van der Waals surface area contributed by atoms with Gasteiger partial charge in [0, 0.05) is 0 Å². The van der Waals surface area contributed by atoms with Crippen LogP contribution in [0.15, 0.2) is 53.6 Å². The lowest BCUT2D eigenvalue weighted by Gasteiger charge is -2.24. The molecule has 1 aliphatic heterocycles. The fourth-order valence-corrected chi connectivity index (χ4v) is 2.20. The number of nitrogens with two attached hydrogens (primary N) is 1. The fourth-order valence-electron chi connectivity index (χ4n) is 2.20. The van der Waals surface area contributed by atoms with Gasteiger partial charge in [0.15, 0.2) is 18.1 Å². The van der Waals surface area contributed by atoms with E-state index in [0.717, 1.165) is 5.56 Å². The normalized spacial score (nSPS) is 15.5. The number of nitrogens with one attached hydrogen (secondary N) is 1. The maximum atomic E-state index is 12.1. The Morgan fingerprint density at radius 2 is 1.92 bits per heavy atom. The molecule has 0 bridgehead atoms. The summed E-state index contributed by atoms with van der Waals surface area (Å²) in [5, 5.41) is 3.90. The Hall–Kier alpha value is -3.55. The summed E-state index contributed by atoms with van der Waals surface area (Å²) in [7, 11) is 0. The second-order valence-electron chi connectivity index (χ2n) is 5.42. The summed E-state index contributed by atoms with van der Waals surface area (Å²) in [6, 6.07) is 13.9. The number of amides is 2. The average molecular weight is 355 g/mol. The monoisotopic (exact) mass is 355 g/mol. The Morgan fingerprint density at radius 3 is 2.65 bits per heavy atom. The fraction of sp³-hybridized carbons (Fsp3) is 0.167. The van der Waals surface area contributed by atoms with Crippen molar-refractivity contribution in [3.63, 3.8) is 0 Å². The zero-order valence-corrected chi connectivity index (χ0v) is 13.8. The first kappa shape index (κ1) is 17.3. The van der Waals surface area contributed by atoms with Crippen LogP contribution < -0.4 is 25.4 Å². The molecule has 0 aliphatic carbocycles. The van der Waals surface area contributed by atoms with Crippen molar-refractivity contribution in [1.82, 2.24) is 5.43 Å². The molecule has 0 aromatic heterocycles. The molecule has 1 aliphatic rings. The van der Waals surface area contributed by atoms with Crippen LogP contribution in [0.25, 0.3) is 0 Å². The van der Waals surface area contributed by atoms with Gasteiger partial charge in [0.2, 0.25) is 6.10 Å². The molecule has 3 rings (SSSR count). The molecule has 0 unspecified atom stereocenters. The Bertz CT molecular complexity index is 820. The van der Waals surface area contributed by atoms with E-state index in [1.165, 1.54) is 6.21 Å². The zero-order chi connectivity index (χ0) is 18.4. The predicted molar refractivity (Wildman–Crippen MR) is 93.2 cm³/mol. The van der Waals surface area contributed by atoms with E-state index < -0.39 is 17.9 Å². The van der Waals surface area contributed by atoms with Crippen molar-refractivity contribution < 1.29 is 23.8 Å². The molecule has 0 saturated heterocycles. The van der Waals surface area contributed by atoms with E-state index in [9.17, 15) is 9.59 Å². The van der Waals surface area contributed by atoms with Gasteiger partial charge in [0.05, 0.1) is 6.21 Å². The van der Waals surface area contributed by atoms with Gasteiger partial charge in [-0.1, -0.05) is 12.1 Å². The van der Waals surface area contributed by atoms with Gasteiger partial charge in [0.1, 0.15) is 12.4 Å². The van der Waals surface area contributed by atoms with E-state index in [0.29, 0.717) is 17.2 Å². The number of carbonyl (C=O) groups excluding carboxylic acids is 2. The minimum Gasteiger partial charge on any atom is -0.485 e. The minimum absolute atomic E-state index is 0.115. The van der Waals surface area contributed by atoms with Crippen LogP contribution >= 0.6 is 0 Å². The zero-order valence-electron chi connectivity index (χ0n) is 13.8. The van der Waals surface area contributed by atoms with Crippen LogP contribution in [0.2, 0.25) is 0 Å². The third kappa shape index (κ3) is 4.50. The third-order valence-electron chi connectivity index (χ3n) is 3.45. The Kier molecular flexibility index (Phi) is 5.33. The number of primary amides is 1. The standard InChI is InChI=1S/C18H17N3O5/c19-17(22)11-24-13-7-5-12(6-8-13)9-20-21-18(23)16-10-25-14-3-1-2-4-15(14)26-16/h1-9,16H,10-11H2,(H2,19,22)(H,21,23)/b20-9-/t16-/m1/s1. The van der Waals surface area contributed by atoms with Crippen LogP contribution in [0, 0.1) is 0 Å². The van der Waals surface area contributed by atoms with Crippen LogP contribution in [0.5, 0.6) is 17.2 Å². The molecule has 0 spiro atoms. The smallest absolute Gasteiger partial charge is 0.284 e. The van der Waals surface area contributed by atoms with Crippen molar-refractivity contribution in [2.24, 2.45) is 10.8 Å². The van der Waals surface area contributed by atoms with E-state index in [1.54, 1.807) is 42.5 Å². The van der Waals surface area contributed by atoms with E-state index in [1.807, 2.05) is 6.07 Å². The molecule has 26 heavy (non-hydrogen) atoms. The molecule has 8 heteroatoms. The summed E-state index contributed by atoms with van der Waals surface area (Å²) in [4.78, 5) is 22.8. The van der Waals surface area contributed by atoms with Crippen LogP contribution in [0.4, 0.5) is 0 Å². The van der Waals surface area contributed by atoms with E-state index >= 15 is 0 Å². The second kappa shape index (κ2) is 8.02. The Morgan fingerprint density at radius 1 is 1.19 bits per heavy atom. The average Bonchev–Trinajstić information content (AvgIpc) is 2.67. The van der Waals surface area contributed by atoms with Crippen LogP contribution in [-0.4, -0.2) is 37.3 Å². The van der Waals surface area contributed by atoms with Crippen molar-refractivity contribution in [3.05, 3.63) is 54.1 Å². The number of ether oxygens (including phenoxy) is 3. The van der Waals surface area contributed by atoms with Gasteiger partial charge in [-0.25, -0.2) is 5.43 Å². The number of carbonyl (C=O) groups is 2. The highest BCUT2D eigenvalue weighted by Crippen LogP contribution is 2.30. The molecular weight excluding hydrogens is 338 g/mol. The maximum absolute atomic E-state index is 12.1. The molecule has 0 radical (unpaired) electrons. The van der Waals surface area contributed by atoms with Crippen molar-refractivity contribution in [3.8, 4) is 17.2 Å². The number of hydrogen-bond donors (Lipinski definition) is 2. The summed E-state index contributed by atoms with van der Waals surface area (Å²) >= 11 is 0. The highest BCUT2D eigenvalue weighted by Gasteiger charge is 2.26. The largest absolute Gasteiger partial charge is 0.485 e. The van der Waals surface area contributed by atoms with Crippen molar-refractivity contribution in [2.75, 3.05) is 13.2 Å². The Balaban J connectivity index is 1.50. The Labute approximate surface area is 149 Å². The minimum atomic E-state index is -0.772. The first-order chi connectivity index (χ1) is 12.6. The molecule has 2 aromatic rings. The number of benzene rings is 2. The molecule has 1 heterocycles. The molecule has 0 fully saturated rings. The molecule has 0 saturated carbocycles. The lowest BCUT2D eigenvalue weighted by Crippen LogP contribution is -2.42. The SMILES string of the molecule is NC(=O)COc1ccc(/C=N\NC(=O)[C@H]2COc3ccccc3O2)cc1. The predicted octanol–water partition coefficient (Wildman–Crippen LogP) is 0.841. The van der Waals surface area contributed by atoms with Crippen LogP contribution in [0.1, 0.15) is 5.56 Å². The van der Waals surface area contributed by atoms with Gasteiger partial charge >= 0.3 is 0 Å². The van der Waals surface area contributed by atoms with E-state index in [2.05, 4.69) is 10.5 Å². The molecule has 3 N–H and O–H groups in total. The number of rotatable bonds is 6. The van der Waals surface area contributed by atoms with E-state index in [4.69, 9.17) is 19.9 Å². The summed E-state index contributed by atoms with van der Waals surface area (Å²) in [5.41, 5.74) is 8.17. The molecule has 2 aromatic carbocycles. The quantitative estimate of drug-likeness (QED) is 0.589. The van der Waals surface area contributed by atoms with Crippen molar-refractivity contribution in [1.29, 1.82) is 0 Å². The summed E-state index contributed by atoms with van der Waals surface area (Å²) in [5.74, 6) is 0.691.